The number of phenols is 2. The van der Waals surface area contributed by atoms with Crippen molar-refractivity contribution in [3.63, 3.8) is 0 Å². The van der Waals surface area contributed by atoms with Crippen LogP contribution in [0.4, 0.5) is 0 Å². The molecule has 6 aliphatic rings. The molecular formula is C89H125ClO23. The lowest BCUT2D eigenvalue weighted by atomic mass is 9.69. The summed E-state index contributed by atoms with van der Waals surface area (Å²) in [6.07, 6.45) is 38.1. The molecule has 0 spiro atoms. The fourth-order valence-electron chi connectivity index (χ4n) is 16.7. The summed E-state index contributed by atoms with van der Waals surface area (Å²) in [4.78, 5) is 135. The molecule has 6 aliphatic carbocycles. The third kappa shape index (κ3) is 32.5. The highest BCUT2D eigenvalue weighted by atomic mass is 35.5. The average Bonchev–Trinajstić information content (AvgIpc) is 0.781. The van der Waals surface area contributed by atoms with Crippen LogP contribution in [0.2, 0.25) is 0 Å². The van der Waals surface area contributed by atoms with Gasteiger partial charge in [0, 0.05) is 42.4 Å². The summed E-state index contributed by atoms with van der Waals surface area (Å²) in [5.41, 5.74) is -0.965. The van der Waals surface area contributed by atoms with Gasteiger partial charge in [-0.15, -0.1) is 0 Å². The lowest BCUT2D eigenvalue weighted by Crippen LogP contribution is -2.31. The Balaban J connectivity index is 0.000000332. The first-order valence-corrected chi connectivity index (χ1v) is 42.1. The summed E-state index contributed by atoms with van der Waals surface area (Å²) in [5, 5.41) is 20.0. The van der Waals surface area contributed by atoms with Crippen LogP contribution in [0.1, 0.15) is 287 Å². The number of phenolic OH excluding ortho intramolecular Hbond substituents is 2. The van der Waals surface area contributed by atoms with Crippen LogP contribution in [-0.2, 0) is 71.5 Å². The highest BCUT2D eigenvalue weighted by Crippen LogP contribution is 2.46. The maximum Gasteiger partial charge on any atom is 0.342 e. The molecule has 113 heavy (non-hydrogen) atoms. The number of hydrogen-bond acceptors (Lipinski definition) is 23. The minimum atomic E-state index is -0.894. The normalized spacial score (nSPS) is 23.3. The lowest BCUT2D eigenvalue weighted by Gasteiger charge is -2.37. The number of unbranched alkanes of at least 4 members (excludes halogenated alkanes) is 4. The van der Waals surface area contributed by atoms with Crippen LogP contribution in [0.3, 0.4) is 0 Å². The molecule has 2 aromatic rings. The van der Waals surface area contributed by atoms with Crippen LogP contribution in [0.25, 0.3) is 0 Å². The standard InChI is InChI=1S/C52H74O12.C22H26O10.C15H25ClO/c1-5-35-13-17-37(18-14-35)39-21-25-41(26-22-39)49(55)63-45-33-44(52(58)62-32-12-10-30-60-48(54)8-4)46(34-43(45)51(57)61-31-11-9-29-59-47(53)7-3)64-50(56)42-27-23-40(24-28-42)38-19-15-36(6-2)16-20-38;1-3-19(25)29-9-5-7-11-31-21(27)15-13-18(24)16(14-17(15)23)22(28)32-12-8-6-10-30-20(26)4-2;1-2-11-3-5-12(6-4-11)13-7-9-14(10-8-13)15(16)17/h7-8,33-42H,3-6,9-32H2,1-2H3;3-4,13-14,23-24H,1-2,5-12H2;11-14H,2-10H2,1H3. The Kier molecular flexibility index (Phi) is 42.6. The van der Waals surface area contributed by atoms with Crippen molar-refractivity contribution in [3.8, 4) is 23.0 Å². The molecule has 24 heteroatoms. The van der Waals surface area contributed by atoms with Crippen molar-refractivity contribution in [2.45, 2.75) is 245 Å². The summed E-state index contributed by atoms with van der Waals surface area (Å²) in [5.74, 6) is -1.74. The predicted molar refractivity (Wildman–Crippen MR) is 425 cm³/mol. The van der Waals surface area contributed by atoms with Gasteiger partial charge in [-0.25, -0.2) is 38.4 Å². The Morgan fingerprint density at radius 1 is 0.319 bits per heavy atom. The molecule has 6 saturated carbocycles. The van der Waals surface area contributed by atoms with Crippen LogP contribution in [0, 0.1) is 71.0 Å². The highest BCUT2D eigenvalue weighted by molar-refractivity contribution is 6.64. The first-order chi connectivity index (χ1) is 54.5. The van der Waals surface area contributed by atoms with Crippen LogP contribution >= 0.6 is 11.6 Å². The Bertz CT molecular complexity index is 3230. The van der Waals surface area contributed by atoms with Gasteiger partial charge in [0.15, 0.2) is 0 Å². The molecule has 8 rings (SSSR count). The monoisotopic (exact) mass is 1600 g/mol. The molecule has 0 aliphatic heterocycles. The molecule has 2 aromatic carbocycles. The third-order valence-corrected chi connectivity index (χ3v) is 24.2. The van der Waals surface area contributed by atoms with E-state index < -0.39 is 71.2 Å². The molecule has 0 radical (unpaired) electrons. The number of ether oxygens (including phenoxy) is 10. The maximum atomic E-state index is 13.9. The molecule has 0 heterocycles. The van der Waals surface area contributed by atoms with Gasteiger partial charge in [0.05, 0.1) is 64.7 Å². The number of carbonyl (C=O) groups is 11. The maximum absolute atomic E-state index is 13.9. The number of esters is 10. The van der Waals surface area contributed by atoms with E-state index in [2.05, 4.69) is 47.1 Å². The number of rotatable bonds is 39. The quantitative estimate of drug-likeness (QED) is 0.0119. The molecule has 0 bridgehead atoms. The van der Waals surface area contributed by atoms with Gasteiger partial charge in [-0.3, -0.25) is 14.4 Å². The van der Waals surface area contributed by atoms with Gasteiger partial charge in [0.2, 0.25) is 5.24 Å². The molecule has 0 aromatic heterocycles. The highest BCUT2D eigenvalue weighted by Gasteiger charge is 2.38. The van der Waals surface area contributed by atoms with E-state index in [1.165, 1.54) is 121 Å². The average molecular weight is 1600 g/mol. The Morgan fingerprint density at radius 3 is 0.752 bits per heavy atom. The first-order valence-electron chi connectivity index (χ1n) is 41.7. The molecule has 6 fully saturated rings. The number of halogens is 1. The molecule has 0 atom stereocenters. The summed E-state index contributed by atoms with van der Waals surface area (Å²) < 4.78 is 52.9. The Labute approximate surface area is 673 Å². The topological polar surface area (TPSA) is 321 Å². The zero-order valence-electron chi connectivity index (χ0n) is 67.1. The van der Waals surface area contributed by atoms with Gasteiger partial charge in [0.1, 0.15) is 45.3 Å². The van der Waals surface area contributed by atoms with Crippen molar-refractivity contribution in [1.29, 1.82) is 0 Å². The molecule has 626 valence electrons. The Morgan fingerprint density at radius 2 is 0.531 bits per heavy atom. The Hall–Kier alpha value is -8.34. The van der Waals surface area contributed by atoms with Crippen molar-refractivity contribution < 1.29 is 110 Å². The summed E-state index contributed by atoms with van der Waals surface area (Å²) in [6, 6.07) is 4.33. The van der Waals surface area contributed by atoms with Crippen molar-refractivity contribution in [3.05, 3.63) is 97.1 Å². The summed E-state index contributed by atoms with van der Waals surface area (Å²) >= 11 is 5.59. The van der Waals surface area contributed by atoms with Crippen molar-refractivity contribution in [2.24, 2.45) is 71.0 Å². The molecular weight excluding hydrogens is 1470 g/mol. The van der Waals surface area contributed by atoms with Crippen LogP contribution in [-0.4, -0.2) is 128 Å². The van der Waals surface area contributed by atoms with E-state index in [0.717, 1.165) is 105 Å². The van der Waals surface area contributed by atoms with Crippen LogP contribution in [0.5, 0.6) is 23.0 Å². The second-order valence-corrected chi connectivity index (χ2v) is 31.5. The SMILES string of the molecule is C=CC(=O)OCCCCOC(=O)c1cc(O)c(C(=O)OCCCCOC(=O)C=C)cc1O.C=CC(=O)OCCCCOC(=O)c1cc(OC(=O)C2CCC(C3CCC(CC)CC3)CC2)c(C(=O)OCCCCOC(=O)C=C)cc1OC(=O)C1CCC(C2CCC(CC)CC2)CC1.CCC1CCC(C2CCC(C(=O)Cl)CC2)CC1. The molecule has 2 N–H and O–H groups in total. The van der Waals surface area contributed by atoms with E-state index >= 15 is 0 Å². The van der Waals surface area contributed by atoms with Gasteiger partial charge in [-0.05, 0) is 244 Å². The molecule has 0 amide bonds. The summed E-state index contributed by atoms with van der Waals surface area (Å²) in [7, 11) is 0. The number of aromatic hydroxyl groups is 2. The zero-order valence-corrected chi connectivity index (χ0v) is 67.9. The molecule has 0 saturated heterocycles. The van der Waals surface area contributed by atoms with Gasteiger partial charge in [-0.2, -0.15) is 0 Å². The van der Waals surface area contributed by atoms with E-state index in [0.29, 0.717) is 101 Å². The summed E-state index contributed by atoms with van der Waals surface area (Å²) in [6.45, 7) is 20.6. The number of benzene rings is 2. The van der Waals surface area contributed by atoms with E-state index in [9.17, 15) is 63.0 Å². The van der Waals surface area contributed by atoms with Crippen molar-refractivity contribution >= 4 is 76.5 Å². The number of hydrogen-bond donors (Lipinski definition) is 2. The fourth-order valence-corrected chi connectivity index (χ4v) is 16.9. The van der Waals surface area contributed by atoms with Crippen molar-refractivity contribution in [2.75, 3.05) is 52.9 Å². The lowest BCUT2D eigenvalue weighted by molar-refractivity contribution is -0.141. The van der Waals surface area contributed by atoms with Crippen molar-refractivity contribution in [1.82, 2.24) is 0 Å². The second-order valence-electron chi connectivity index (χ2n) is 31.1. The smallest absolute Gasteiger partial charge is 0.342 e. The second kappa shape index (κ2) is 51.5. The van der Waals surface area contributed by atoms with E-state index in [1.54, 1.807) is 0 Å². The number of carbonyl (C=O) groups excluding carboxylic acids is 11. The molecule has 0 unspecified atom stereocenters. The van der Waals surface area contributed by atoms with Gasteiger partial charge < -0.3 is 57.6 Å². The van der Waals surface area contributed by atoms with Gasteiger partial charge >= 0.3 is 59.7 Å². The van der Waals surface area contributed by atoms with Crippen LogP contribution < -0.4 is 9.47 Å². The first kappa shape index (κ1) is 93.5. The predicted octanol–water partition coefficient (Wildman–Crippen LogP) is 18.1. The minimum Gasteiger partial charge on any atom is -0.507 e. The largest absolute Gasteiger partial charge is 0.507 e. The van der Waals surface area contributed by atoms with E-state index in [4.69, 9.17) is 59.0 Å². The van der Waals surface area contributed by atoms with Crippen LogP contribution in [0.15, 0.2) is 74.9 Å². The van der Waals surface area contributed by atoms with Gasteiger partial charge in [-0.1, -0.05) is 105 Å². The zero-order chi connectivity index (χ0) is 82.0. The van der Waals surface area contributed by atoms with E-state index in [1.807, 2.05) is 0 Å². The molecule has 23 nitrogen and oxygen atoms in total. The van der Waals surface area contributed by atoms with Gasteiger partial charge in [0.25, 0.3) is 0 Å². The fraction of sp³-hybridized carbons (Fsp3) is 0.652. The third-order valence-electron chi connectivity index (χ3n) is 23.9. The van der Waals surface area contributed by atoms with E-state index in [-0.39, 0.29) is 110 Å². The minimum absolute atomic E-state index is 0.00339.